The monoisotopic (exact) mass is 221 g/mol. The fourth-order valence-electron chi connectivity index (χ4n) is 2.09. The van der Waals surface area contributed by atoms with Crippen LogP contribution in [0.25, 0.3) is 0 Å². The van der Waals surface area contributed by atoms with Gasteiger partial charge in [0.05, 0.1) is 0 Å². The van der Waals surface area contributed by atoms with Crippen molar-refractivity contribution in [2.45, 2.75) is 45.1 Å². The minimum Gasteiger partial charge on any atom is -0.323 e. The highest BCUT2D eigenvalue weighted by molar-refractivity contribution is 7.12. The summed E-state index contributed by atoms with van der Waals surface area (Å²) >= 11 is 1.92. The van der Waals surface area contributed by atoms with E-state index in [1.54, 1.807) is 10.4 Å². The summed E-state index contributed by atoms with van der Waals surface area (Å²) in [5.41, 5.74) is 8.99. The van der Waals surface area contributed by atoms with E-state index in [1.165, 1.54) is 29.7 Å². The second-order valence-corrected chi connectivity index (χ2v) is 5.53. The Hall–Kier alpha value is -0.600. The predicted molar refractivity (Wildman–Crippen MR) is 67.3 cm³/mol. The molecule has 1 heterocycles. The maximum atomic E-state index is 6.18. The van der Waals surface area contributed by atoms with E-state index in [-0.39, 0.29) is 6.04 Å². The zero-order valence-corrected chi connectivity index (χ0v) is 10.2. The second-order valence-electron chi connectivity index (χ2n) is 4.36. The van der Waals surface area contributed by atoms with E-state index in [1.807, 2.05) is 11.3 Å². The lowest BCUT2D eigenvalue weighted by Gasteiger charge is -2.10. The van der Waals surface area contributed by atoms with Gasteiger partial charge >= 0.3 is 0 Å². The van der Waals surface area contributed by atoms with Gasteiger partial charge in [-0.2, -0.15) is 0 Å². The molecule has 0 aliphatic heterocycles. The molecule has 1 atom stereocenters. The van der Waals surface area contributed by atoms with Gasteiger partial charge in [-0.25, -0.2) is 0 Å². The van der Waals surface area contributed by atoms with Crippen LogP contribution in [0.1, 0.15) is 47.5 Å². The summed E-state index contributed by atoms with van der Waals surface area (Å²) in [4.78, 5) is 2.93. The second kappa shape index (κ2) is 4.50. The molecule has 82 valence electrons. The summed E-state index contributed by atoms with van der Waals surface area (Å²) in [6, 6.07) is 2.49. The molecule has 0 amide bonds. The molecule has 2 N–H and O–H groups in total. The maximum absolute atomic E-state index is 6.18. The van der Waals surface area contributed by atoms with E-state index in [0.29, 0.717) is 0 Å². The van der Waals surface area contributed by atoms with Crippen LogP contribution in [0, 0.1) is 0 Å². The van der Waals surface area contributed by atoms with Crippen molar-refractivity contribution in [1.82, 2.24) is 0 Å². The minimum absolute atomic E-state index is 0.174. The Morgan fingerprint density at radius 3 is 3.07 bits per heavy atom. The van der Waals surface area contributed by atoms with Gasteiger partial charge in [-0.15, -0.1) is 11.3 Å². The van der Waals surface area contributed by atoms with Gasteiger partial charge in [0, 0.05) is 15.8 Å². The highest BCUT2D eigenvalue weighted by Gasteiger charge is 2.18. The topological polar surface area (TPSA) is 26.0 Å². The van der Waals surface area contributed by atoms with E-state index in [2.05, 4.69) is 19.6 Å². The summed E-state index contributed by atoms with van der Waals surface area (Å²) in [7, 11) is 0. The molecule has 0 fully saturated rings. The van der Waals surface area contributed by atoms with Gasteiger partial charge in [0.25, 0.3) is 0 Å². The third-order valence-corrected chi connectivity index (χ3v) is 4.51. The lowest BCUT2D eigenvalue weighted by Crippen LogP contribution is -2.09. The van der Waals surface area contributed by atoms with Crippen molar-refractivity contribution in [3.63, 3.8) is 0 Å². The van der Waals surface area contributed by atoms with E-state index in [0.717, 1.165) is 12.8 Å². The van der Waals surface area contributed by atoms with Gasteiger partial charge in [-0.3, -0.25) is 0 Å². The molecule has 1 unspecified atom stereocenters. The Labute approximate surface area is 96.0 Å². The highest BCUT2D eigenvalue weighted by Crippen LogP contribution is 2.34. The van der Waals surface area contributed by atoms with Crippen molar-refractivity contribution in [3.05, 3.63) is 33.5 Å². The first-order chi connectivity index (χ1) is 7.20. The van der Waals surface area contributed by atoms with Crippen LogP contribution in [0.4, 0.5) is 0 Å². The van der Waals surface area contributed by atoms with Crippen LogP contribution in [0.3, 0.4) is 0 Å². The van der Waals surface area contributed by atoms with Crippen molar-refractivity contribution >= 4 is 11.3 Å². The fourth-order valence-corrected chi connectivity index (χ4v) is 3.35. The Morgan fingerprint density at radius 1 is 1.60 bits per heavy atom. The predicted octanol–water partition coefficient (Wildman–Crippen LogP) is 3.59. The standard InChI is InChI=1S/C13H19NS/c1-3-9(2)7-11(14)13-8-10-5-4-6-12(10)15-13/h8,11H,2-7,14H2,1H3. The zero-order valence-electron chi connectivity index (χ0n) is 9.38. The molecule has 2 heteroatoms. The van der Waals surface area contributed by atoms with Crippen LogP contribution in [0.2, 0.25) is 0 Å². The van der Waals surface area contributed by atoms with Gasteiger partial charge in [-0.1, -0.05) is 19.1 Å². The number of aryl methyl sites for hydroxylation is 2. The summed E-state index contributed by atoms with van der Waals surface area (Å²) in [5.74, 6) is 0. The first kappa shape index (κ1) is 10.9. The largest absolute Gasteiger partial charge is 0.323 e. The number of rotatable bonds is 4. The Kier molecular flexibility index (Phi) is 3.27. The van der Waals surface area contributed by atoms with Gasteiger partial charge in [0.2, 0.25) is 0 Å². The average molecular weight is 221 g/mol. The third kappa shape index (κ3) is 2.32. The Bertz CT molecular complexity index is 343. The van der Waals surface area contributed by atoms with Crippen molar-refractivity contribution in [2.75, 3.05) is 0 Å². The molecule has 0 aromatic carbocycles. The zero-order chi connectivity index (χ0) is 10.8. The number of hydrogen-bond donors (Lipinski definition) is 1. The summed E-state index contributed by atoms with van der Waals surface area (Å²) in [6.07, 6.45) is 5.84. The lowest BCUT2D eigenvalue weighted by atomic mass is 10.0. The average Bonchev–Trinajstić information content (AvgIpc) is 2.76. The first-order valence-electron chi connectivity index (χ1n) is 5.74. The molecular formula is C13H19NS. The van der Waals surface area contributed by atoms with E-state index >= 15 is 0 Å². The van der Waals surface area contributed by atoms with Gasteiger partial charge in [0.1, 0.15) is 0 Å². The van der Waals surface area contributed by atoms with Gasteiger partial charge in [0.15, 0.2) is 0 Å². The summed E-state index contributed by atoms with van der Waals surface area (Å²) in [5, 5.41) is 0. The number of thiophene rings is 1. The van der Waals surface area contributed by atoms with Crippen LogP contribution in [-0.4, -0.2) is 0 Å². The van der Waals surface area contributed by atoms with Gasteiger partial charge < -0.3 is 5.73 Å². The van der Waals surface area contributed by atoms with E-state index < -0.39 is 0 Å². The van der Waals surface area contributed by atoms with E-state index in [4.69, 9.17) is 5.73 Å². The van der Waals surface area contributed by atoms with Gasteiger partial charge in [-0.05, 0) is 43.7 Å². The van der Waals surface area contributed by atoms with Crippen LogP contribution < -0.4 is 5.73 Å². The van der Waals surface area contributed by atoms with Crippen LogP contribution in [0.5, 0.6) is 0 Å². The molecular weight excluding hydrogens is 202 g/mol. The molecule has 1 aliphatic rings. The van der Waals surface area contributed by atoms with Crippen molar-refractivity contribution in [1.29, 1.82) is 0 Å². The third-order valence-electron chi connectivity index (χ3n) is 3.14. The smallest absolute Gasteiger partial charge is 0.0427 e. The van der Waals surface area contributed by atoms with Crippen molar-refractivity contribution in [2.24, 2.45) is 5.73 Å². The molecule has 0 saturated heterocycles. The molecule has 2 rings (SSSR count). The minimum atomic E-state index is 0.174. The number of hydrogen-bond acceptors (Lipinski definition) is 2. The lowest BCUT2D eigenvalue weighted by molar-refractivity contribution is 0.713. The summed E-state index contributed by atoms with van der Waals surface area (Å²) in [6.45, 7) is 6.17. The molecule has 0 spiro atoms. The molecule has 1 aliphatic carbocycles. The molecule has 15 heavy (non-hydrogen) atoms. The number of nitrogens with two attached hydrogens (primary N) is 1. The fraction of sp³-hybridized carbons (Fsp3) is 0.538. The molecule has 1 aromatic heterocycles. The number of fused-ring (bicyclic) bond motifs is 1. The Balaban J connectivity index is 2.06. The van der Waals surface area contributed by atoms with E-state index in [9.17, 15) is 0 Å². The quantitative estimate of drug-likeness (QED) is 0.772. The van der Waals surface area contributed by atoms with Crippen LogP contribution in [0.15, 0.2) is 18.2 Å². The molecule has 0 bridgehead atoms. The molecule has 0 saturated carbocycles. The molecule has 0 radical (unpaired) electrons. The van der Waals surface area contributed by atoms with Crippen molar-refractivity contribution in [3.8, 4) is 0 Å². The molecule has 1 aromatic rings. The maximum Gasteiger partial charge on any atom is 0.0427 e. The van der Waals surface area contributed by atoms with Crippen molar-refractivity contribution < 1.29 is 0 Å². The van der Waals surface area contributed by atoms with Crippen LogP contribution in [-0.2, 0) is 12.8 Å². The summed E-state index contributed by atoms with van der Waals surface area (Å²) < 4.78 is 0. The highest BCUT2D eigenvalue weighted by atomic mass is 32.1. The Morgan fingerprint density at radius 2 is 2.40 bits per heavy atom. The normalized spacial score (nSPS) is 16.4. The van der Waals surface area contributed by atoms with Crippen LogP contribution >= 0.6 is 11.3 Å². The SMILES string of the molecule is C=C(CC)CC(N)c1cc2c(s1)CCC2. The molecule has 1 nitrogen and oxygen atoms in total. The first-order valence-corrected chi connectivity index (χ1v) is 6.56.